The Kier molecular flexibility index (Phi) is 3.60. The van der Waals surface area contributed by atoms with Crippen LogP contribution in [0.5, 0.6) is 0 Å². The molecule has 1 aliphatic rings. The van der Waals surface area contributed by atoms with Gasteiger partial charge < -0.3 is 10.0 Å². The number of aryl methyl sites for hydroxylation is 1. The van der Waals surface area contributed by atoms with Crippen molar-refractivity contribution in [2.24, 2.45) is 0 Å². The first kappa shape index (κ1) is 14.0. The molecule has 0 radical (unpaired) electrons. The molecule has 21 heavy (non-hydrogen) atoms. The summed E-state index contributed by atoms with van der Waals surface area (Å²) in [5.41, 5.74) is 4.27. The molecule has 1 unspecified atom stereocenters. The van der Waals surface area contributed by atoms with Crippen molar-refractivity contribution in [1.82, 2.24) is 0 Å². The average Bonchev–Trinajstić information content (AvgIpc) is 2.79. The van der Waals surface area contributed by atoms with Crippen molar-refractivity contribution >= 4 is 23.3 Å². The van der Waals surface area contributed by atoms with E-state index < -0.39 is 12.0 Å². The Balaban J connectivity index is 1.94. The second kappa shape index (κ2) is 5.41. The molecule has 0 spiro atoms. The summed E-state index contributed by atoms with van der Waals surface area (Å²) in [6.07, 6.45) is 0.497. The van der Waals surface area contributed by atoms with Crippen molar-refractivity contribution in [1.29, 1.82) is 0 Å². The van der Waals surface area contributed by atoms with E-state index in [0.29, 0.717) is 18.0 Å². The topological polar surface area (TPSA) is 40.5 Å². The second-order valence-corrected chi connectivity index (χ2v) is 5.88. The maximum absolute atomic E-state index is 11.5. The van der Waals surface area contributed by atoms with Gasteiger partial charge in [-0.25, -0.2) is 4.79 Å². The quantitative estimate of drug-likeness (QED) is 0.940. The van der Waals surface area contributed by atoms with Gasteiger partial charge in [-0.15, -0.1) is 0 Å². The lowest BCUT2D eigenvalue weighted by atomic mass is 10.1. The van der Waals surface area contributed by atoms with E-state index in [1.807, 2.05) is 54.3 Å². The Hall–Kier alpha value is -2.00. The fourth-order valence-electron chi connectivity index (χ4n) is 2.79. The molecule has 3 rings (SSSR count). The molecule has 1 aliphatic heterocycles. The first-order chi connectivity index (χ1) is 10.0. The first-order valence-corrected chi connectivity index (χ1v) is 7.26. The first-order valence-electron chi connectivity index (χ1n) is 6.88. The van der Waals surface area contributed by atoms with Crippen molar-refractivity contribution in [2.75, 3.05) is 4.90 Å². The molecule has 1 atom stereocenters. The maximum atomic E-state index is 11.5. The zero-order valence-electron chi connectivity index (χ0n) is 11.7. The summed E-state index contributed by atoms with van der Waals surface area (Å²) in [7, 11) is 0. The number of nitrogens with zero attached hydrogens (tertiary/aromatic N) is 1. The summed E-state index contributed by atoms with van der Waals surface area (Å²) in [6, 6.07) is 13.2. The van der Waals surface area contributed by atoms with E-state index in [9.17, 15) is 9.90 Å². The number of anilines is 1. The summed E-state index contributed by atoms with van der Waals surface area (Å²) < 4.78 is 0. The van der Waals surface area contributed by atoms with Gasteiger partial charge in [0.2, 0.25) is 0 Å². The minimum atomic E-state index is -0.797. The van der Waals surface area contributed by atoms with Gasteiger partial charge in [0, 0.05) is 23.7 Å². The van der Waals surface area contributed by atoms with Crippen LogP contribution in [0.25, 0.3) is 0 Å². The number of hydrogen-bond donors (Lipinski definition) is 1. The van der Waals surface area contributed by atoms with Crippen LogP contribution in [-0.2, 0) is 17.8 Å². The van der Waals surface area contributed by atoms with Crippen molar-refractivity contribution in [3.05, 3.63) is 64.2 Å². The molecule has 1 heterocycles. The lowest BCUT2D eigenvalue weighted by molar-refractivity contribution is -0.138. The van der Waals surface area contributed by atoms with Gasteiger partial charge in [0.05, 0.1) is 0 Å². The van der Waals surface area contributed by atoms with Crippen molar-refractivity contribution in [3.63, 3.8) is 0 Å². The van der Waals surface area contributed by atoms with E-state index in [1.165, 1.54) is 5.56 Å². The zero-order chi connectivity index (χ0) is 15.0. The van der Waals surface area contributed by atoms with E-state index in [2.05, 4.69) is 0 Å². The van der Waals surface area contributed by atoms with E-state index in [1.54, 1.807) is 0 Å². The highest BCUT2D eigenvalue weighted by Gasteiger charge is 2.34. The van der Waals surface area contributed by atoms with Gasteiger partial charge in [-0.2, -0.15) is 0 Å². The summed E-state index contributed by atoms with van der Waals surface area (Å²) in [5, 5.41) is 10.1. The number of carbonyl (C=O) groups is 1. The SMILES string of the molecule is Cc1ccc(CN2c3ccc(Cl)cc3CC2C(=O)O)cc1. The fraction of sp³-hybridized carbons (Fsp3) is 0.235. The predicted molar refractivity (Wildman–Crippen MR) is 83.9 cm³/mol. The molecule has 4 heteroatoms. The van der Waals surface area contributed by atoms with Crippen LogP contribution in [0, 0.1) is 6.92 Å². The predicted octanol–water partition coefficient (Wildman–Crippen LogP) is 3.66. The Bertz CT molecular complexity index is 682. The molecule has 0 saturated heterocycles. The van der Waals surface area contributed by atoms with Crippen molar-refractivity contribution in [2.45, 2.75) is 25.9 Å². The number of hydrogen-bond acceptors (Lipinski definition) is 2. The second-order valence-electron chi connectivity index (χ2n) is 5.44. The summed E-state index contributed by atoms with van der Waals surface area (Å²) in [5.74, 6) is -0.797. The number of carboxylic acids is 1. The third-order valence-electron chi connectivity index (χ3n) is 3.90. The molecule has 0 saturated carbocycles. The smallest absolute Gasteiger partial charge is 0.326 e. The summed E-state index contributed by atoms with van der Waals surface area (Å²) in [6.45, 7) is 2.63. The molecule has 3 nitrogen and oxygen atoms in total. The van der Waals surface area contributed by atoms with Gasteiger partial charge >= 0.3 is 5.97 Å². The van der Waals surface area contributed by atoms with Gasteiger partial charge in [-0.05, 0) is 36.2 Å². The Morgan fingerprint density at radius 3 is 2.67 bits per heavy atom. The minimum absolute atomic E-state index is 0.497. The van der Waals surface area contributed by atoms with Crippen LogP contribution in [0.15, 0.2) is 42.5 Å². The normalized spacial score (nSPS) is 16.9. The standard InChI is InChI=1S/C17H16ClNO2/c1-11-2-4-12(5-3-11)10-19-15-7-6-14(18)8-13(15)9-16(19)17(20)21/h2-8,16H,9-10H2,1H3,(H,20,21). The van der Waals surface area contributed by atoms with E-state index >= 15 is 0 Å². The molecule has 0 fully saturated rings. The van der Waals surface area contributed by atoms with Crippen LogP contribution >= 0.6 is 11.6 Å². The lowest BCUT2D eigenvalue weighted by Gasteiger charge is -2.25. The lowest BCUT2D eigenvalue weighted by Crippen LogP contribution is -2.38. The van der Waals surface area contributed by atoms with Crippen molar-refractivity contribution < 1.29 is 9.90 Å². The number of aliphatic carboxylic acids is 1. The molecule has 2 aromatic rings. The molecule has 0 aromatic heterocycles. The Labute approximate surface area is 128 Å². The molecular formula is C17H16ClNO2. The van der Waals surface area contributed by atoms with Gasteiger partial charge in [0.1, 0.15) is 6.04 Å². The van der Waals surface area contributed by atoms with Gasteiger partial charge in [-0.1, -0.05) is 41.4 Å². The molecule has 2 aromatic carbocycles. The van der Waals surface area contributed by atoms with E-state index in [4.69, 9.17) is 11.6 Å². The molecule has 0 bridgehead atoms. The van der Waals surface area contributed by atoms with Crippen LogP contribution in [0.2, 0.25) is 5.02 Å². The van der Waals surface area contributed by atoms with Gasteiger partial charge in [0.15, 0.2) is 0 Å². The number of rotatable bonds is 3. The molecule has 0 aliphatic carbocycles. The highest BCUT2D eigenvalue weighted by Crippen LogP contribution is 2.35. The van der Waals surface area contributed by atoms with E-state index in [-0.39, 0.29) is 0 Å². The Morgan fingerprint density at radius 1 is 1.29 bits per heavy atom. The van der Waals surface area contributed by atoms with Crippen LogP contribution in [0.4, 0.5) is 5.69 Å². The highest BCUT2D eigenvalue weighted by atomic mass is 35.5. The number of halogens is 1. The van der Waals surface area contributed by atoms with Crippen LogP contribution in [-0.4, -0.2) is 17.1 Å². The van der Waals surface area contributed by atoms with E-state index in [0.717, 1.165) is 16.8 Å². The minimum Gasteiger partial charge on any atom is -0.480 e. The third kappa shape index (κ3) is 2.74. The van der Waals surface area contributed by atoms with Crippen LogP contribution in [0.1, 0.15) is 16.7 Å². The summed E-state index contributed by atoms with van der Waals surface area (Å²) in [4.78, 5) is 13.5. The monoisotopic (exact) mass is 301 g/mol. The van der Waals surface area contributed by atoms with Gasteiger partial charge in [-0.3, -0.25) is 0 Å². The molecule has 1 N–H and O–H groups in total. The Morgan fingerprint density at radius 2 is 2.00 bits per heavy atom. The molecule has 108 valence electrons. The van der Waals surface area contributed by atoms with Gasteiger partial charge in [0.25, 0.3) is 0 Å². The highest BCUT2D eigenvalue weighted by molar-refractivity contribution is 6.30. The number of carboxylic acid groups (broad SMARTS) is 1. The number of benzene rings is 2. The number of fused-ring (bicyclic) bond motifs is 1. The molecule has 0 amide bonds. The van der Waals surface area contributed by atoms with Crippen LogP contribution in [0.3, 0.4) is 0 Å². The zero-order valence-corrected chi connectivity index (χ0v) is 12.5. The average molecular weight is 302 g/mol. The maximum Gasteiger partial charge on any atom is 0.326 e. The third-order valence-corrected chi connectivity index (χ3v) is 4.13. The van der Waals surface area contributed by atoms with Crippen LogP contribution < -0.4 is 4.90 Å². The summed E-state index contributed by atoms with van der Waals surface area (Å²) >= 11 is 6.01. The van der Waals surface area contributed by atoms with Crippen molar-refractivity contribution in [3.8, 4) is 0 Å². The fourth-order valence-corrected chi connectivity index (χ4v) is 2.99. The largest absolute Gasteiger partial charge is 0.480 e. The molecular weight excluding hydrogens is 286 g/mol.